The van der Waals surface area contributed by atoms with Crippen LogP contribution < -0.4 is 26.4 Å². The topological polar surface area (TPSA) is 121 Å². The molecule has 2 aromatic rings. The van der Waals surface area contributed by atoms with Crippen LogP contribution in [-0.4, -0.2) is 48.4 Å². The van der Waals surface area contributed by atoms with Gasteiger partial charge in [-0.25, -0.2) is 28.2 Å². The van der Waals surface area contributed by atoms with Gasteiger partial charge in [0.2, 0.25) is 0 Å². The quantitative estimate of drug-likeness (QED) is 0.372. The maximum atomic E-state index is 15.3. The Morgan fingerprint density at radius 2 is 1.50 bits per heavy atom. The van der Waals surface area contributed by atoms with Crippen LogP contribution in [0.25, 0.3) is 0 Å². The van der Waals surface area contributed by atoms with Crippen molar-refractivity contribution in [2.75, 3.05) is 23.3 Å². The van der Waals surface area contributed by atoms with E-state index in [0.717, 1.165) is 18.2 Å². The molecule has 1 unspecified atom stereocenters. The number of amides is 3. The highest BCUT2D eigenvalue weighted by atomic mass is 19.1. The predicted octanol–water partition coefficient (Wildman–Crippen LogP) is 5.12. The van der Waals surface area contributed by atoms with E-state index in [1.165, 1.54) is 6.07 Å². The molecular formula is C27H34F3N5O5. The Morgan fingerprint density at radius 3 is 2.12 bits per heavy atom. The van der Waals surface area contributed by atoms with E-state index in [9.17, 15) is 23.2 Å². The van der Waals surface area contributed by atoms with Gasteiger partial charge in [0, 0.05) is 19.2 Å². The molecule has 1 fully saturated rings. The Bertz CT molecular complexity index is 1280. The van der Waals surface area contributed by atoms with E-state index in [2.05, 4.69) is 21.5 Å². The Balaban J connectivity index is 1.85. The summed E-state index contributed by atoms with van der Waals surface area (Å²) in [5.41, 5.74) is 2.32. The number of hydrazine groups is 1. The molecule has 1 aliphatic heterocycles. The monoisotopic (exact) mass is 565 g/mol. The Morgan fingerprint density at radius 1 is 0.850 bits per heavy atom. The van der Waals surface area contributed by atoms with Gasteiger partial charge < -0.3 is 25.0 Å². The largest absolute Gasteiger partial charge is 0.444 e. The summed E-state index contributed by atoms with van der Waals surface area (Å²) >= 11 is 0. The van der Waals surface area contributed by atoms with Crippen LogP contribution in [0.3, 0.4) is 0 Å². The number of nitrogens with zero attached hydrogens (tertiary/aromatic N) is 1. The number of carbonyl (C=O) groups excluding carboxylic acids is 3. The van der Waals surface area contributed by atoms with Gasteiger partial charge >= 0.3 is 12.2 Å². The van der Waals surface area contributed by atoms with Crippen molar-refractivity contribution in [3.63, 3.8) is 0 Å². The van der Waals surface area contributed by atoms with E-state index in [1.54, 1.807) is 46.4 Å². The second-order valence-corrected chi connectivity index (χ2v) is 11.3. The zero-order valence-electron chi connectivity index (χ0n) is 23.2. The number of hydrogen-bond donors (Lipinski definition) is 4. The summed E-state index contributed by atoms with van der Waals surface area (Å²) in [4.78, 5) is 38.7. The standard InChI is InChI=1S/C27H34F3N5O5/c1-26(2,3)39-24(37)31-16-9-10-35(14-16)22-13-21(32-20-8-7-15(28)11-18(20)29)17(12-19(22)30)23(36)33-34-25(38)40-27(4,5)6/h7-8,11-13,16,32H,9-10,14H2,1-6H3,(H,31,37)(H,33,36)(H,34,38). The number of nitrogens with one attached hydrogen (secondary N) is 4. The van der Waals surface area contributed by atoms with Crippen LogP contribution in [0.4, 0.5) is 39.8 Å². The third-order valence-electron chi connectivity index (χ3n) is 5.46. The maximum Gasteiger partial charge on any atom is 0.426 e. The SMILES string of the molecule is CC(C)(C)OC(=O)NNC(=O)c1cc(F)c(N2CCC(NC(=O)OC(C)(C)C)C2)cc1Nc1ccc(F)cc1F. The van der Waals surface area contributed by atoms with E-state index >= 15 is 4.39 Å². The normalized spacial score (nSPS) is 15.3. The highest BCUT2D eigenvalue weighted by molar-refractivity contribution is 6.01. The van der Waals surface area contributed by atoms with Crippen molar-refractivity contribution in [2.45, 2.75) is 65.2 Å². The summed E-state index contributed by atoms with van der Waals surface area (Å²) in [5, 5.41) is 5.46. The van der Waals surface area contributed by atoms with Gasteiger partial charge in [0.15, 0.2) is 0 Å². The zero-order chi connectivity index (χ0) is 29.8. The molecule has 0 aromatic heterocycles. The molecule has 1 atom stereocenters. The summed E-state index contributed by atoms with van der Waals surface area (Å²) in [5.74, 6) is -3.44. The molecule has 10 nitrogen and oxygen atoms in total. The molecule has 2 aromatic carbocycles. The van der Waals surface area contributed by atoms with Crippen LogP contribution in [0.15, 0.2) is 30.3 Å². The van der Waals surface area contributed by atoms with Gasteiger partial charge in [-0.15, -0.1) is 0 Å². The lowest BCUT2D eigenvalue weighted by Gasteiger charge is -2.24. The van der Waals surface area contributed by atoms with E-state index in [0.29, 0.717) is 19.0 Å². The maximum absolute atomic E-state index is 15.3. The second-order valence-electron chi connectivity index (χ2n) is 11.3. The molecule has 1 aliphatic rings. The molecule has 13 heteroatoms. The molecule has 3 amide bonds. The van der Waals surface area contributed by atoms with Crippen molar-refractivity contribution in [1.29, 1.82) is 0 Å². The number of ether oxygens (including phenoxy) is 2. The summed E-state index contributed by atoms with van der Waals surface area (Å²) in [6.45, 7) is 10.7. The third kappa shape index (κ3) is 8.68. The van der Waals surface area contributed by atoms with Gasteiger partial charge in [-0.3, -0.25) is 10.2 Å². The number of anilines is 3. The molecule has 0 bridgehead atoms. The first-order valence-corrected chi connectivity index (χ1v) is 12.6. The molecule has 1 heterocycles. The van der Waals surface area contributed by atoms with E-state index < -0.39 is 46.7 Å². The van der Waals surface area contributed by atoms with Crippen LogP contribution >= 0.6 is 0 Å². The minimum atomic E-state index is -0.947. The molecular weight excluding hydrogens is 531 g/mol. The lowest BCUT2D eigenvalue weighted by atomic mass is 10.1. The highest BCUT2D eigenvalue weighted by Gasteiger charge is 2.29. The molecule has 3 rings (SSSR count). The third-order valence-corrected chi connectivity index (χ3v) is 5.46. The van der Waals surface area contributed by atoms with Crippen LogP contribution in [0, 0.1) is 17.5 Å². The first-order valence-electron chi connectivity index (χ1n) is 12.6. The van der Waals surface area contributed by atoms with Crippen molar-refractivity contribution < 1.29 is 37.0 Å². The summed E-state index contributed by atoms with van der Waals surface area (Å²) in [7, 11) is 0. The Hall–Kier alpha value is -4.16. The molecule has 40 heavy (non-hydrogen) atoms. The van der Waals surface area contributed by atoms with Gasteiger partial charge in [0.05, 0.1) is 28.7 Å². The number of alkyl carbamates (subject to hydrolysis) is 1. The second kappa shape index (κ2) is 11.9. The van der Waals surface area contributed by atoms with Crippen LogP contribution in [-0.2, 0) is 9.47 Å². The summed E-state index contributed by atoms with van der Waals surface area (Å²) in [6, 6.07) is 4.71. The molecule has 0 saturated carbocycles. The van der Waals surface area contributed by atoms with E-state index in [-0.39, 0.29) is 35.2 Å². The summed E-state index contributed by atoms with van der Waals surface area (Å²) < 4.78 is 53.6. The summed E-state index contributed by atoms with van der Waals surface area (Å²) in [6.07, 6.45) is -1.05. The van der Waals surface area contributed by atoms with Crippen molar-refractivity contribution in [2.24, 2.45) is 0 Å². The fourth-order valence-corrected chi connectivity index (χ4v) is 3.88. The molecule has 4 N–H and O–H groups in total. The fourth-order valence-electron chi connectivity index (χ4n) is 3.88. The highest BCUT2D eigenvalue weighted by Crippen LogP contribution is 2.32. The first-order chi connectivity index (χ1) is 18.5. The average molecular weight is 566 g/mol. The Kier molecular flexibility index (Phi) is 9.06. The lowest BCUT2D eigenvalue weighted by molar-refractivity contribution is 0.0480. The van der Waals surface area contributed by atoms with Crippen molar-refractivity contribution in [3.8, 4) is 0 Å². The molecule has 1 saturated heterocycles. The fraction of sp³-hybridized carbons (Fsp3) is 0.444. The van der Waals surface area contributed by atoms with Gasteiger partial charge in [-0.1, -0.05) is 0 Å². The number of rotatable bonds is 5. The molecule has 0 aliphatic carbocycles. The molecule has 0 spiro atoms. The van der Waals surface area contributed by atoms with Gasteiger partial charge in [0.1, 0.15) is 28.7 Å². The van der Waals surface area contributed by atoms with Crippen LogP contribution in [0.5, 0.6) is 0 Å². The average Bonchev–Trinajstić information content (AvgIpc) is 3.25. The number of carbonyl (C=O) groups is 3. The van der Waals surface area contributed by atoms with Crippen molar-refractivity contribution in [1.82, 2.24) is 16.2 Å². The van der Waals surface area contributed by atoms with Gasteiger partial charge in [-0.05, 0) is 72.2 Å². The van der Waals surface area contributed by atoms with Gasteiger partial charge in [0.25, 0.3) is 5.91 Å². The van der Waals surface area contributed by atoms with Crippen LogP contribution in [0.1, 0.15) is 58.3 Å². The molecule has 218 valence electrons. The number of benzene rings is 2. The van der Waals surface area contributed by atoms with Crippen molar-refractivity contribution in [3.05, 3.63) is 53.3 Å². The van der Waals surface area contributed by atoms with Gasteiger partial charge in [-0.2, -0.15) is 0 Å². The minimum absolute atomic E-state index is 0.0195. The lowest BCUT2D eigenvalue weighted by Crippen LogP contribution is -2.44. The minimum Gasteiger partial charge on any atom is -0.444 e. The zero-order valence-corrected chi connectivity index (χ0v) is 23.2. The Labute approximate surface area is 230 Å². The number of halogens is 3. The molecule has 0 radical (unpaired) electrons. The van der Waals surface area contributed by atoms with E-state index in [4.69, 9.17) is 9.47 Å². The van der Waals surface area contributed by atoms with E-state index in [1.807, 2.05) is 0 Å². The smallest absolute Gasteiger partial charge is 0.426 e. The number of hydrogen-bond acceptors (Lipinski definition) is 7. The predicted molar refractivity (Wildman–Crippen MR) is 143 cm³/mol. The van der Waals surface area contributed by atoms with Crippen LogP contribution in [0.2, 0.25) is 0 Å². The first kappa shape index (κ1) is 30.4. The van der Waals surface area contributed by atoms with Crippen molar-refractivity contribution >= 4 is 35.2 Å².